The van der Waals surface area contributed by atoms with Gasteiger partial charge in [-0.2, -0.15) is 0 Å². The Bertz CT molecular complexity index is 317. The monoisotopic (exact) mass is 259 g/mol. The highest BCUT2D eigenvalue weighted by Crippen LogP contribution is 1.91. The first-order valence-corrected chi connectivity index (χ1v) is 5.88. The Labute approximate surface area is 106 Å². The Morgan fingerprint density at radius 2 is 1.61 bits per heavy atom. The van der Waals surface area contributed by atoms with Gasteiger partial charge in [0.1, 0.15) is 12.1 Å². The maximum Gasteiger partial charge on any atom is 0.326 e. The van der Waals surface area contributed by atoms with Crippen LogP contribution in [-0.2, 0) is 9.59 Å². The van der Waals surface area contributed by atoms with Crippen molar-refractivity contribution in [1.29, 1.82) is 0 Å². The molecule has 2 atom stereocenters. The van der Waals surface area contributed by atoms with Crippen molar-refractivity contribution in [3.63, 3.8) is 0 Å². The lowest BCUT2D eigenvalue weighted by molar-refractivity contribution is -0.139. The van der Waals surface area contributed by atoms with Gasteiger partial charge in [0.2, 0.25) is 5.91 Å². The number of carboxylic acid groups (broad SMARTS) is 1. The molecular weight excluding hydrogens is 238 g/mol. The molecule has 18 heavy (non-hydrogen) atoms. The summed E-state index contributed by atoms with van der Waals surface area (Å²) in [5.74, 6) is -1.42. The Morgan fingerprint density at radius 3 is 2.00 bits per heavy atom. The van der Waals surface area contributed by atoms with Crippen molar-refractivity contribution in [3.8, 4) is 0 Å². The highest BCUT2D eigenvalue weighted by Gasteiger charge is 2.20. The summed E-state index contributed by atoms with van der Waals surface area (Å²) in [5.41, 5.74) is 0. The van der Waals surface area contributed by atoms with Crippen LogP contribution in [0.3, 0.4) is 0 Å². The minimum Gasteiger partial charge on any atom is -0.480 e. The Hall–Kier alpha value is -1.79. The van der Waals surface area contributed by atoms with Crippen LogP contribution in [0, 0.1) is 0 Å². The molecule has 0 heterocycles. The Balaban J connectivity index is 4.23. The lowest BCUT2D eigenvalue weighted by Gasteiger charge is -2.18. The summed E-state index contributed by atoms with van der Waals surface area (Å²) < 4.78 is 0. The van der Waals surface area contributed by atoms with Crippen LogP contribution < -0.4 is 16.0 Å². The molecule has 7 nitrogen and oxygen atoms in total. The molecule has 0 aromatic rings. The highest BCUT2D eigenvalue weighted by molar-refractivity contribution is 5.88. The molecule has 7 heteroatoms. The van der Waals surface area contributed by atoms with Gasteiger partial charge >= 0.3 is 12.0 Å². The van der Waals surface area contributed by atoms with E-state index in [0.717, 1.165) is 0 Å². The molecule has 0 aliphatic heterocycles. The molecule has 4 N–H and O–H groups in total. The minimum atomic E-state index is -1.10. The van der Waals surface area contributed by atoms with E-state index >= 15 is 0 Å². The molecule has 0 bridgehead atoms. The zero-order chi connectivity index (χ0) is 14.3. The van der Waals surface area contributed by atoms with Crippen LogP contribution in [0.5, 0.6) is 0 Å². The molecule has 0 radical (unpaired) electrons. The van der Waals surface area contributed by atoms with Crippen molar-refractivity contribution in [2.75, 3.05) is 0 Å². The van der Waals surface area contributed by atoms with Crippen molar-refractivity contribution < 1.29 is 19.5 Å². The lowest BCUT2D eigenvalue weighted by atomic mass is 10.2. The summed E-state index contributed by atoms with van der Waals surface area (Å²) in [6.07, 6.45) is 0.273. The molecule has 0 fully saturated rings. The molecule has 0 spiro atoms. The van der Waals surface area contributed by atoms with Gasteiger partial charge < -0.3 is 21.1 Å². The predicted molar refractivity (Wildman–Crippen MR) is 66.1 cm³/mol. The van der Waals surface area contributed by atoms with Crippen molar-refractivity contribution in [1.82, 2.24) is 16.0 Å². The summed E-state index contributed by atoms with van der Waals surface area (Å²) in [6.45, 7) is 6.79. The molecule has 0 aromatic carbocycles. The molecular formula is C11H21N3O4. The topological polar surface area (TPSA) is 108 Å². The number of urea groups is 1. The fourth-order valence-electron chi connectivity index (χ4n) is 1.21. The maximum atomic E-state index is 11.5. The van der Waals surface area contributed by atoms with Gasteiger partial charge in [-0.15, -0.1) is 0 Å². The van der Waals surface area contributed by atoms with Crippen LogP contribution in [-0.4, -0.2) is 41.1 Å². The number of hydrogen-bond donors (Lipinski definition) is 4. The van der Waals surface area contributed by atoms with Crippen LogP contribution in [0.4, 0.5) is 4.79 Å². The predicted octanol–water partition coefficient (Wildman–Crippen LogP) is 0.0619. The van der Waals surface area contributed by atoms with Crippen molar-refractivity contribution in [2.45, 2.75) is 52.2 Å². The minimum absolute atomic E-state index is 0.0211. The van der Waals surface area contributed by atoms with Gasteiger partial charge in [-0.25, -0.2) is 9.59 Å². The van der Waals surface area contributed by atoms with E-state index in [2.05, 4.69) is 16.0 Å². The highest BCUT2D eigenvalue weighted by atomic mass is 16.4. The summed E-state index contributed by atoms with van der Waals surface area (Å²) in [4.78, 5) is 33.7. The van der Waals surface area contributed by atoms with Crippen LogP contribution in [0.2, 0.25) is 0 Å². The molecule has 0 aromatic heterocycles. The van der Waals surface area contributed by atoms with Gasteiger partial charge in [0.05, 0.1) is 0 Å². The van der Waals surface area contributed by atoms with Gasteiger partial charge in [0.15, 0.2) is 0 Å². The number of nitrogens with one attached hydrogen (secondary N) is 3. The molecule has 0 saturated heterocycles. The second kappa shape index (κ2) is 7.52. The van der Waals surface area contributed by atoms with E-state index in [-0.39, 0.29) is 18.4 Å². The van der Waals surface area contributed by atoms with Gasteiger partial charge in [0, 0.05) is 6.04 Å². The maximum absolute atomic E-state index is 11.5. The first kappa shape index (κ1) is 16.2. The van der Waals surface area contributed by atoms with E-state index in [1.807, 2.05) is 13.8 Å². The number of carboxylic acids is 1. The first-order chi connectivity index (χ1) is 8.27. The molecule has 0 saturated carbocycles. The fourth-order valence-corrected chi connectivity index (χ4v) is 1.21. The number of carbonyl (C=O) groups is 3. The number of carbonyl (C=O) groups excluding carboxylic acids is 2. The molecule has 0 aliphatic rings. The van der Waals surface area contributed by atoms with E-state index in [9.17, 15) is 14.4 Å². The average molecular weight is 259 g/mol. The third-order valence-electron chi connectivity index (χ3n) is 2.18. The zero-order valence-electron chi connectivity index (χ0n) is 11.1. The van der Waals surface area contributed by atoms with Gasteiger partial charge in [-0.05, 0) is 27.2 Å². The zero-order valence-corrected chi connectivity index (χ0v) is 11.1. The first-order valence-electron chi connectivity index (χ1n) is 5.88. The second-order valence-electron chi connectivity index (χ2n) is 4.30. The van der Waals surface area contributed by atoms with E-state index in [4.69, 9.17) is 5.11 Å². The van der Waals surface area contributed by atoms with Crippen LogP contribution >= 0.6 is 0 Å². The SMILES string of the molecule is CCC(NC(=O)NC(C)C(=O)NC(C)C)C(=O)O. The van der Waals surface area contributed by atoms with Crippen LogP contribution in [0.25, 0.3) is 0 Å². The normalized spacial score (nSPS) is 13.6. The van der Waals surface area contributed by atoms with Crippen molar-refractivity contribution in [2.24, 2.45) is 0 Å². The quantitative estimate of drug-likeness (QED) is 0.541. The largest absolute Gasteiger partial charge is 0.480 e. The van der Waals surface area contributed by atoms with Crippen molar-refractivity contribution in [3.05, 3.63) is 0 Å². The summed E-state index contributed by atoms with van der Waals surface area (Å²) >= 11 is 0. The molecule has 0 rings (SSSR count). The Kier molecular flexibility index (Phi) is 6.77. The summed E-state index contributed by atoms with van der Waals surface area (Å²) in [7, 11) is 0. The van der Waals surface area contributed by atoms with E-state index in [1.54, 1.807) is 6.92 Å². The lowest BCUT2D eigenvalue weighted by Crippen LogP contribution is -2.52. The van der Waals surface area contributed by atoms with Gasteiger partial charge in [-0.1, -0.05) is 6.92 Å². The molecule has 104 valence electrons. The van der Waals surface area contributed by atoms with E-state index < -0.39 is 24.1 Å². The average Bonchev–Trinajstić information content (AvgIpc) is 2.24. The third kappa shape index (κ3) is 6.07. The number of amides is 3. The van der Waals surface area contributed by atoms with Gasteiger partial charge in [0.25, 0.3) is 0 Å². The summed E-state index contributed by atoms with van der Waals surface area (Å²) in [5, 5.41) is 16.1. The number of rotatable bonds is 6. The fraction of sp³-hybridized carbons (Fsp3) is 0.727. The van der Waals surface area contributed by atoms with Crippen molar-refractivity contribution >= 4 is 17.9 Å². The van der Waals surface area contributed by atoms with Gasteiger partial charge in [-0.3, -0.25) is 4.79 Å². The standard InChI is InChI=1S/C11H21N3O4/c1-5-8(10(16)17)14-11(18)13-7(4)9(15)12-6(2)3/h6-8H,5H2,1-4H3,(H,12,15)(H,16,17)(H2,13,14,18). The van der Waals surface area contributed by atoms with Crippen LogP contribution in [0.1, 0.15) is 34.1 Å². The smallest absolute Gasteiger partial charge is 0.326 e. The summed E-state index contributed by atoms with van der Waals surface area (Å²) in [6, 6.07) is -2.37. The molecule has 2 unspecified atom stereocenters. The number of hydrogen-bond acceptors (Lipinski definition) is 3. The second-order valence-corrected chi connectivity index (χ2v) is 4.30. The Morgan fingerprint density at radius 1 is 1.06 bits per heavy atom. The number of aliphatic carboxylic acids is 1. The van der Waals surface area contributed by atoms with Crippen LogP contribution in [0.15, 0.2) is 0 Å². The molecule has 0 aliphatic carbocycles. The van der Waals surface area contributed by atoms with E-state index in [1.165, 1.54) is 6.92 Å². The van der Waals surface area contributed by atoms with E-state index in [0.29, 0.717) is 0 Å². The molecule has 3 amide bonds. The third-order valence-corrected chi connectivity index (χ3v) is 2.18.